The number of hydrogen-bond acceptors (Lipinski definition) is 4. The van der Waals surface area contributed by atoms with E-state index in [1.54, 1.807) is 29.2 Å². The number of para-hydroxylation sites is 2. The SMILES string of the molecule is O=C1Nc2ccccc2OC1CC(=O)N1C[C@@H]2CCC[C@@]2(C(=O)O)C1. The fourth-order valence-corrected chi connectivity index (χ4v) is 4.34. The maximum absolute atomic E-state index is 12.6. The summed E-state index contributed by atoms with van der Waals surface area (Å²) in [5.74, 6) is -0.837. The van der Waals surface area contributed by atoms with Gasteiger partial charge in [-0.15, -0.1) is 0 Å². The van der Waals surface area contributed by atoms with Gasteiger partial charge < -0.3 is 20.1 Å². The van der Waals surface area contributed by atoms with Gasteiger partial charge in [0, 0.05) is 13.1 Å². The number of hydrogen-bond donors (Lipinski definition) is 2. The van der Waals surface area contributed by atoms with Gasteiger partial charge in [-0.3, -0.25) is 14.4 Å². The molecule has 25 heavy (non-hydrogen) atoms. The Labute approximate surface area is 144 Å². The number of carboxylic acid groups (broad SMARTS) is 1. The zero-order valence-electron chi connectivity index (χ0n) is 13.7. The van der Waals surface area contributed by atoms with E-state index < -0.39 is 17.5 Å². The molecule has 132 valence electrons. The topological polar surface area (TPSA) is 95.9 Å². The van der Waals surface area contributed by atoms with Crippen LogP contribution in [0.4, 0.5) is 5.69 Å². The van der Waals surface area contributed by atoms with Crippen molar-refractivity contribution in [3.8, 4) is 5.75 Å². The van der Waals surface area contributed by atoms with E-state index in [-0.39, 0.29) is 30.7 Å². The van der Waals surface area contributed by atoms with Gasteiger partial charge in [-0.25, -0.2) is 0 Å². The molecule has 2 heterocycles. The number of ether oxygens (including phenoxy) is 1. The third-order valence-corrected chi connectivity index (χ3v) is 5.72. The normalized spacial score (nSPS) is 30.2. The van der Waals surface area contributed by atoms with Crippen LogP contribution in [0.15, 0.2) is 24.3 Å². The average Bonchev–Trinajstić information content (AvgIpc) is 3.14. The first-order valence-electron chi connectivity index (χ1n) is 8.57. The summed E-state index contributed by atoms with van der Waals surface area (Å²) in [5, 5.41) is 12.4. The van der Waals surface area contributed by atoms with Gasteiger partial charge >= 0.3 is 5.97 Å². The highest BCUT2D eigenvalue weighted by Gasteiger charge is 2.55. The fraction of sp³-hybridized carbons (Fsp3) is 0.500. The maximum Gasteiger partial charge on any atom is 0.311 e. The van der Waals surface area contributed by atoms with Gasteiger partial charge in [0.25, 0.3) is 5.91 Å². The van der Waals surface area contributed by atoms with Crippen LogP contribution in [0.1, 0.15) is 25.7 Å². The highest BCUT2D eigenvalue weighted by Crippen LogP contribution is 2.49. The number of amides is 2. The zero-order valence-corrected chi connectivity index (χ0v) is 13.7. The molecular weight excluding hydrogens is 324 g/mol. The minimum absolute atomic E-state index is 0.00998. The van der Waals surface area contributed by atoms with Crippen molar-refractivity contribution in [2.24, 2.45) is 11.3 Å². The summed E-state index contributed by atoms with van der Waals surface area (Å²) in [5.41, 5.74) is -0.213. The minimum atomic E-state index is -0.886. The highest BCUT2D eigenvalue weighted by atomic mass is 16.5. The lowest BCUT2D eigenvalue weighted by Gasteiger charge is -2.27. The molecule has 2 N–H and O–H groups in total. The number of nitrogens with zero attached hydrogens (tertiary/aromatic N) is 1. The van der Waals surface area contributed by atoms with Gasteiger partial charge in [-0.05, 0) is 30.9 Å². The molecule has 2 aliphatic heterocycles. The molecular formula is C18H20N2O5. The van der Waals surface area contributed by atoms with Crippen LogP contribution >= 0.6 is 0 Å². The second-order valence-corrected chi connectivity index (χ2v) is 7.12. The van der Waals surface area contributed by atoms with E-state index >= 15 is 0 Å². The Bertz CT molecular complexity index is 749. The van der Waals surface area contributed by atoms with Gasteiger partial charge in [0.05, 0.1) is 17.5 Å². The van der Waals surface area contributed by atoms with Crippen molar-refractivity contribution in [1.82, 2.24) is 4.90 Å². The van der Waals surface area contributed by atoms with Crippen LogP contribution in [-0.4, -0.2) is 47.0 Å². The van der Waals surface area contributed by atoms with Gasteiger partial charge in [-0.1, -0.05) is 18.6 Å². The summed E-state index contributed by atoms with van der Waals surface area (Å²) in [6, 6.07) is 7.07. The molecule has 0 bridgehead atoms. The van der Waals surface area contributed by atoms with Crippen LogP contribution in [0.3, 0.4) is 0 Å². The molecule has 1 saturated heterocycles. The fourth-order valence-electron chi connectivity index (χ4n) is 4.34. The summed E-state index contributed by atoms with van der Waals surface area (Å²) in [6.07, 6.45) is 1.38. The molecule has 2 amide bonds. The van der Waals surface area contributed by atoms with Crippen LogP contribution in [0.25, 0.3) is 0 Å². The number of fused-ring (bicyclic) bond motifs is 2. The first-order chi connectivity index (χ1) is 12.0. The molecule has 1 saturated carbocycles. The van der Waals surface area contributed by atoms with E-state index in [2.05, 4.69) is 5.32 Å². The number of aliphatic carboxylic acids is 1. The number of anilines is 1. The molecule has 7 heteroatoms. The maximum atomic E-state index is 12.6. The van der Waals surface area contributed by atoms with Crippen molar-refractivity contribution >= 4 is 23.5 Å². The largest absolute Gasteiger partial charge is 0.481 e. The molecule has 4 rings (SSSR count). The summed E-state index contributed by atoms with van der Waals surface area (Å²) in [6.45, 7) is 0.687. The summed E-state index contributed by atoms with van der Waals surface area (Å²) >= 11 is 0. The van der Waals surface area contributed by atoms with Crippen LogP contribution in [-0.2, 0) is 14.4 Å². The Kier molecular flexibility index (Phi) is 3.67. The third-order valence-electron chi connectivity index (χ3n) is 5.72. The van der Waals surface area contributed by atoms with Crippen LogP contribution in [0, 0.1) is 11.3 Å². The van der Waals surface area contributed by atoms with Crippen molar-refractivity contribution in [3.63, 3.8) is 0 Å². The second kappa shape index (κ2) is 5.75. The number of carbonyl (C=O) groups excluding carboxylic acids is 2. The van der Waals surface area contributed by atoms with Crippen LogP contribution in [0.5, 0.6) is 5.75 Å². The lowest BCUT2D eigenvalue weighted by Crippen LogP contribution is -2.43. The van der Waals surface area contributed by atoms with Crippen molar-refractivity contribution < 1.29 is 24.2 Å². The Morgan fingerprint density at radius 2 is 2.16 bits per heavy atom. The van der Waals surface area contributed by atoms with E-state index in [1.165, 1.54) is 0 Å². The van der Waals surface area contributed by atoms with E-state index in [4.69, 9.17) is 4.74 Å². The molecule has 3 atom stereocenters. The molecule has 7 nitrogen and oxygen atoms in total. The number of nitrogens with one attached hydrogen (secondary N) is 1. The summed E-state index contributed by atoms with van der Waals surface area (Å²) < 4.78 is 5.67. The predicted octanol–water partition coefficient (Wildman–Crippen LogP) is 1.49. The van der Waals surface area contributed by atoms with E-state index in [9.17, 15) is 19.5 Å². The van der Waals surface area contributed by atoms with Gasteiger partial charge in [0.1, 0.15) is 5.75 Å². The van der Waals surface area contributed by atoms with Crippen molar-refractivity contribution in [3.05, 3.63) is 24.3 Å². The third kappa shape index (κ3) is 2.54. The number of benzene rings is 1. The standard InChI is InChI=1S/C18H20N2O5/c21-15(20-9-11-4-3-7-18(11,10-20)17(23)24)8-14-16(22)19-12-5-1-2-6-13(12)25-14/h1-2,5-6,11,14H,3-4,7-10H2,(H,19,22)(H,23,24)/t11-,14?,18+/m0/s1. The Morgan fingerprint density at radius 3 is 2.92 bits per heavy atom. The molecule has 1 unspecified atom stereocenters. The monoisotopic (exact) mass is 344 g/mol. The average molecular weight is 344 g/mol. The molecule has 0 aromatic heterocycles. The van der Waals surface area contributed by atoms with Crippen molar-refractivity contribution in [2.75, 3.05) is 18.4 Å². The van der Waals surface area contributed by atoms with E-state index in [0.29, 0.717) is 24.4 Å². The number of carboxylic acids is 1. The van der Waals surface area contributed by atoms with Crippen molar-refractivity contribution in [2.45, 2.75) is 31.8 Å². The molecule has 2 fully saturated rings. The van der Waals surface area contributed by atoms with Crippen LogP contribution in [0.2, 0.25) is 0 Å². The summed E-state index contributed by atoms with van der Waals surface area (Å²) in [4.78, 5) is 38.1. The van der Waals surface area contributed by atoms with Gasteiger partial charge in [0.2, 0.25) is 5.91 Å². The Balaban J connectivity index is 1.45. The van der Waals surface area contributed by atoms with E-state index in [1.807, 2.05) is 0 Å². The minimum Gasteiger partial charge on any atom is -0.481 e. The first kappa shape index (κ1) is 15.9. The van der Waals surface area contributed by atoms with Crippen LogP contribution < -0.4 is 10.1 Å². The second-order valence-electron chi connectivity index (χ2n) is 7.12. The number of rotatable bonds is 3. The molecule has 1 aromatic carbocycles. The molecule has 3 aliphatic rings. The first-order valence-corrected chi connectivity index (χ1v) is 8.57. The highest BCUT2D eigenvalue weighted by molar-refractivity contribution is 6.00. The zero-order chi connectivity index (χ0) is 17.6. The van der Waals surface area contributed by atoms with Gasteiger partial charge in [0.15, 0.2) is 6.10 Å². The van der Waals surface area contributed by atoms with E-state index in [0.717, 1.165) is 12.8 Å². The molecule has 0 radical (unpaired) electrons. The number of carbonyl (C=O) groups is 3. The lowest BCUT2D eigenvalue weighted by molar-refractivity contribution is -0.149. The summed E-state index contributed by atoms with van der Waals surface area (Å²) in [7, 11) is 0. The number of likely N-dealkylation sites (tertiary alicyclic amines) is 1. The Morgan fingerprint density at radius 1 is 1.36 bits per heavy atom. The molecule has 1 aliphatic carbocycles. The smallest absolute Gasteiger partial charge is 0.311 e. The molecule has 0 spiro atoms. The quantitative estimate of drug-likeness (QED) is 0.866. The lowest BCUT2D eigenvalue weighted by atomic mass is 9.81. The molecule has 1 aromatic rings. The predicted molar refractivity (Wildman–Crippen MR) is 88.1 cm³/mol. The Hall–Kier alpha value is -2.57. The van der Waals surface area contributed by atoms with Crippen molar-refractivity contribution in [1.29, 1.82) is 0 Å². The van der Waals surface area contributed by atoms with Gasteiger partial charge in [-0.2, -0.15) is 0 Å².